The van der Waals surface area contributed by atoms with Crippen LogP contribution >= 0.6 is 0 Å². The third kappa shape index (κ3) is 2.54. The van der Waals surface area contributed by atoms with E-state index in [4.69, 9.17) is 14.2 Å². The van der Waals surface area contributed by atoms with Crippen LogP contribution in [0.15, 0.2) is 30.3 Å². The molecule has 0 aliphatic carbocycles. The van der Waals surface area contributed by atoms with Crippen LogP contribution in [0.2, 0.25) is 0 Å². The molecule has 2 aromatic rings. The van der Waals surface area contributed by atoms with Crippen LogP contribution in [0, 0.1) is 0 Å². The molecule has 4 heteroatoms. The van der Waals surface area contributed by atoms with E-state index >= 15 is 0 Å². The van der Waals surface area contributed by atoms with Gasteiger partial charge in [0, 0.05) is 10.8 Å². The Morgan fingerprint density at radius 1 is 1.05 bits per heavy atom. The maximum Gasteiger partial charge on any atom is 0.342 e. The number of hydrogen-bond donors (Lipinski definition) is 0. The molecule has 0 fully saturated rings. The molecule has 4 nitrogen and oxygen atoms in total. The van der Waals surface area contributed by atoms with Crippen molar-refractivity contribution in [3.8, 4) is 11.5 Å². The third-order valence-corrected chi connectivity index (χ3v) is 2.94. The van der Waals surface area contributed by atoms with Crippen molar-refractivity contribution in [3.63, 3.8) is 0 Å². The highest BCUT2D eigenvalue weighted by Gasteiger charge is 2.20. The number of rotatable bonds is 4. The summed E-state index contributed by atoms with van der Waals surface area (Å²) in [6.45, 7) is 3.62. The summed E-state index contributed by atoms with van der Waals surface area (Å²) in [5.74, 6) is 0.713. The summed E-state index contributed by atoms with van der Waals surface area (Å²) in [5, 5.41) is 1.72. The van der Waals surface area contributed by atoms with Crippen molar-refractivity contribution in [1.29, 1.82) is 0 Å². The van der Waals surface area contributed by atoms with Gasteiger partial charge in [-0.3, -0.25) is 0 Å². The zero-order valence-electron chi connectivity index (χ0n) is 12.1. The van der Waals surface area contributed by atoms with Crippen LogP contribution in [0.5, 0.6) is 11.5 Å². The van der Waals surface area contributed by atoms with Crippen LogP contribution < -0.4 is 9.47 Å². The number of ether oxygens (including phenoxy) is 3. The molecular weight excluding hydrogens is 256 g/mol. The molecule has 106 valence electrons. The van der Waals surface area contributed by atoms with Crippen molar-refractivity contribution < 1.29 is 19.0 Å². The molecule has 0 amide bonds. The number of hydrogen-bond acceptors (Lipinski definition) is 4. The van der Waals surface area contributed by atoms with Crippen LogP contribution in [0.1, 0.15) is 24.2 Å². The highest BCUT2D eigenvalue weighted by atomic mass is 16.5. The Morgan fingerprint density at radius 2 is 1.70 bits per heavy atom. The number of benzene rings is 2. The van der Waals surface area contributed by atoms with Gasteiger partial charge in [-0.2, -0.15) is 0 Å². The third-order valence-electron chi connectivity index (χ3n) is 2.94. The topological polar surface area (TPSA) is 44.8 Å². The molecule has 20 heavy (non-hydrogen) atoms. The van der Waals surface area contributed by atoms with E-state index in [1.54, 1.807) is 20.3 Å². The SMILES string of the molecule is COc1cc(C(=O)OC(C)C)c(OC)c2ccccc12. The second-order valence-corrected chi connectivity index (χ2v) is 4.66. The van der Waals surface area contributed by atoms with Crippen molar-refractivity contribution in [1.82, 2.24) is 0 Å². The van der Waals surface area contributed by atoms with Gasteiger partial charge in [0.2, 0.25) is 0 Å². The highest BCUT2D eigenvalue weighted by Crippen LogP contribution is 2.36. The van der Waals surface area contributed by atoms with Gasteiger partial charge in [-0.15, -0.1) is 0 Å². The summed E-state index contributed by atoms with van der Waals surface area (Å²) in [4.78, 5) is 12.2. The second kappa shape index (κ2) is 5.82. The minimum Gasteiger partial charge on any atom is -0.496 e. The van der Waals surface area contributed by atoms with Gasteiger partial charge in [0.25, 0.3) is 0 Å². The summed E-state index contributed by atoms with van der Waals surface area (Å²) >= 11 is 0. The number of carbonyl (C=O) groups excluding carboxylic acids is 1. The van der Waals surface area contributed by atoms with Gasteiger partial charge in [-0.25, -0.2) is 4.79 Å². The minimum absolute atomic E-state index is 0.190. The van der Waals surface area contributed by atoms with Gasteiger partial charge in [0.1, 0.15) is 17.1 Å². The average molecular weight is 274 g/mol. The lowest BCUT2D eigenvalue weighted by Crippen LogP contribution is -2.13. The molecule has 0 saturated heterocycles. The van der Waals surface area contributed by atoms with Gasteiger partial charge < -0.3 is 14.2 Å². The summed E-state index contributed by atoms with van der Waals surface area (Å²) in [6, 6.07) is 9.28. The molecule has 2 rings (SSSR count). The molecule has 0 heterocycles. The Balaban J connectivity index is 2.67. The zero-order chi connectivity index (χ0) is 14.7. The fourth-order valence-electron chi connectivity index (χ4n) is 2.13. The molecule has 0 atom stereocenters. The smallest absolute Gasteiger partial charge is 0.342 e. The van der Waals surface area contributed by atoms with E-state index in [2.05, 4.69) is 0 Å². The van der Waals surface area contributed by atoms with Crippen LogP contribution in [0.3, 0.4) is 0 Å². The molecule has 0 radical (unpaired) electrons. The van der Waals surface area contributed by atoms with Crippen molar-refractivity contribution in [2.75, 3.05) is 14.2 Å². The first-order valence-electron chi connectivity index (χ1n) is 6.43. The first-order chi connectivity index (χ1) is 9.58. The predicted octanol–water partition coefficient (Wildman–Crippen LogP) is 3.42. The van der Waals surface area contributed by atoms with Crippen molar-refractivity contribution >= 4 is 16.7 Å². The lowest BCUT2D eigenvalue weighted by atomic mass is 10.0. The molecule has 0 aliphatic heterocycles. The number of methoxy groups -OCH3 is 2. The van der Waals surface area contributed by atoms with E-state index in [0.717, 1.165) is 10.8 Å². The maximum absolute atomic E-state index is 12.2. The summed E-state index contributed by atoms with van der Waals surface area (Å²) in [7, 11) is 3.12. The summed E-state index contributed by atoms with van der Waals surface area (Å²) < 4.78 is 16.0. The largest absolute Gasteiger partial charge is 0.496 e. The van der Waals surface area contributed by atoms with Crippen molar-refractivity contribution in [2.24, 2.45) is 0 Å². The Morgan fingerprint density at radius 3 is 2.25 bits per heavy atom. The number of esters is 1. The fraction of sp³-hybridized carbons (Fsp3) is 0.312. The molecule has 0 N–H and O–H groups in total. The summed E-state index contributed by atoms with van der Waals surface area (Å²) in [5.41, 5.74) is 0.372. The van der Waals surface area contributed by atoms with Crippen LogP contribution in [-0.2, 0) is 4.74 Å². The molecular formula is C16H18O4. The molecule has 0 aromatic heterocycles. The molecule has 0 aliphatic rings. The van der Waals surface area contributed by atoms with Gasteiger partial charge >= 0.3 is 5.97 Å². The van der Waals surface area contributed by atoms with E-state index in [9.17, 15) is 4.79 Å². The molecule has 0 spiro atoms. The first-order valence-corrected chi connectivity index (χ1v) is 6.43. The minimum atomic E-state index is -0.416. The van der Waals surface area contributed by atoms with E-state index in [-0.39, 0.29) is 6.10 Å². The lowest BCUT2D eigenvalue weighted by Gasteiger charge is -2.15. The molecule has 0 bridgehead atoms. The van der Waals surface area contributed by atoms with Gasteiger partial charge in [-0.05, 0) is 19.9 Å². The molecule has 0 saturated carbocycles. The monoisotopic (exact) mass is 274 g/mol. The fourth-order valence-corrected chi connectivity index (χ4v) is 2.13. The Kier molecular flexibility index (Phi) is 4.13. The van der Waals surface area contributed by atoms with Gasteiger partial charge in [0.15, 0.2) is 0 Å². The Bertz CT molecular complexity index is 632. The zero-order valence-corrected chi connectivity index (χ0v) is 12.1. The first kappa shape index (κ1) is 14.2. The second-order valence-electron chi connectivity index (χ2n) is 4.66. The van der Waals surface area contributed by atoms with Crippen molar-refractivity contribution in [2.45, 2.75) is 20.0 Å². The Labute approximate surface area is 118 Å². The Hall–Kier alpha value is -2.23. The normalized spacial score (nSPS) is 10.7. The number of carbonyl (C=O) groups is 1. The van der Waals surface area contributed by atoms with Gasteiger partial charge in [-0.1, -0.05) is 24.3 Å². The van der Waals surface area contributed by atoms with Crippen LogP contribution in [0.4, 0.5) is 0 Å². The maximum atomic E-state index is 12.2. The average Bonchev–Trinajstić information content (AvgIpc) is 2.44. The van der Waals surface area contributed by atoms with Crippen LogP contribution in [-0.4, -0.2) is 26.3 Å². The summed E-state index contributed by atoms with van der Waals surface area (Å²) in [6.07, 6.45) is -0.190. The predicted molar refractivity (Wildman–Crippen MR) is 77.6 cm³/mol. The molecule has 0 unspecified atom stereocenters. The standard InChI is InChI=1S/C16H18O4/c1-10(2)20-16(17)13-9-14(18-3)11-7-5-6-8-12(11)15(13)19-4/h5-10H,1-4H3. The van der Waals surface area contributed by atoms with Crippen LogP contribution in [0.25, 0.3) is 10.8 Å². The highest BCUT2D eigenvalue weighted by molar-refractivity contribution is 6.04. The molecule has 2 aromatic carbocycles. The quantitative estimate of drug-likeness (QED) is 0.801. The van der Waals surface area contributed by atoms with E-state index in [1.807, 2.05) is 38.1 Å². The van der Waals surface area contributed by atoms with E-state index < -0.39 is 5.97 Å². The van der Waals surface area contributed by atoms with Gasteiger partial charge in [0.05, 0.1) is 20.3 Å². The van der Waals surface area contributed by atoms with E-state index in [1.165, 1.54) is 0 Å². The number of fused-ring (bicyclic) bond motifs is 1. The van der Waals surface area contributed by atoms with Crippen molar-refractivity contribution in [3.05, 3.63) is 35.9 Å². The van der Waals surface area contributed by atoms with E-state index in [0.29, 0.717) is 17.1 Å². The lowest BCUT2D eigenvalue weighted by molar-refractivity contribution is 0.0374.